The van der Waals surface area contributed by atoms with E-state index in [4.69, 9.17) is 23.2 Å². The summed E-state index contributed by atoms with van der Waals surface area (Å²) in [7, 11) is -1.77. The van der Waals surface area contributed by atoms with Crippen molar-refractivity contribution in [3.05, 3.63) is 45.7 Å². The number of sulfonamides is 1. The topological polar surface area (TPSA) is 58.4 Å². The first-order valence-corrected chi connectivity index (χ1v) is 10.1. The molecule has 0 saturated carbocycles. The molecule has 2 aromatic rings. The fourth-order valence-electron chi connectivity index (χ4n) is 2.99. The normalized spacial score (nSPS) is 17.1. The van der Waals surface area contributed by atoms with E-state index in [2.05, 4.69) is 10.00 Å². The Labute approximate surface area is 158 Å². The number of benzene rings is 1. The van der Waals surface area contributed by atoms with Crippen molar-refractivity contribution in [1.82, 2.24) is 19.0 Å². The van der Waals surface area contributed by atoms with Gasteiger partial charge in [0, 0.05) is 46.0 Å². The van der Waals surface area contributed by atoms with Gasteiger partial charge in [-0.15, -0.1) is 0 Å². The second kappa shape index (κ2) is 7.25. The van der Waals surface area contributed by atoms with Gasteiger partial charge in [0.25, 0.3) is 0 Å². The zero-order valence-corrected chi connectivity index (χ0v) is 16.4. The maximum absolute atomic E-state index is 12.8. The number of piperazine rings is 1. The second-order valence-corrected chi connectivity index (χ2v) is 8.90. The lowest BCUT2D eigenvalue weighted by Crippen LogP contribution is -2.48. The number of halogens is 2. The predicted molar refractivity (Wildman–Crippen MR) is 98.4 cm³/mol. The van der Waals surface area contributed by atoms with Gasteiger partial charge in [0.1, 0.15) is 4.90 Å². The van der Waals surface area contributed by atoms with Crippen molar-refractivity contribution in [2.24, 2.45) is 7.05 Å². The Balaban J connectivity index is 1.65. The third-order valence-electron chi connectivity index (χ3n) is 4.31. The van der Waals surface area contributed by atoms with E-state index in [0.29, 0.717) is 41.9 Å². The van der Waals surface area contributed by atoms with Crippen LogP contribution in [0.25, 0.3) is 0 Å². The van der Waals surface area contributed by atoms with Crippen LogP contribution in [0.3, 0.4) is 0 Å². The molecule has 0 bridgehead atoms. The first kappa shape index (κ1) is 18.7. The Morgan fingerprint density at radius 3 is 2.36 bits per heavy atom. The highest BCUT2D eigenvalue weighted by molar-refractivity contribution is 7.89. The minimum absolute atomic E-state index is 0.285. The first-order valence-electron chi connectivity index (χ1n) is 7.94. The minimum Gasteiger partial charge on any atom is -0.296 e. The summed E-state index contributed by atoms with van der Waals surface area (Å²) in [6.07, 6.45) is 1.56. The average molecular weight is 403 g/mol. The minimum atomic E-state index is -3.50. The zero-order valence-electron chi connectivity index (χ0n) is 14.1. The van der Waals surface area contributed by atoms with E-state index in [0.717, 1.165) is 12.1 Å². The molecule has 136 valence electrons. The lowest BCUT2D eigenvalue weighted by molar-refractivity contribution is 0.181. The second-order valence-electron chi connectivity index (χ2n) is 6.18. The van der Waals surface area contributed by atoms with Crippen LogP contribution in [0.4, 0.5) is 0 Å². The van der Waals surface area contributed by atoms with Gasteiger partial charge in [-0.05, 0) is 24.6 Å². The van der Waals surface area contributed by atoms with Crippen LogP contribution in [0.5, 0.6) is 0 Å². The Morgan fingerprint density at radius 2 is 1.80 bits per heavy atom. The lowest BCUT2D eigenvalue weighted by Gasteiger charge is -2.33. The molecule has 0 aliphatic carbocycles. The summed E-state index contributed by atoms with van der Waals surface area (Å²) in [5, 5.41) is 5.21. The third-order valence-corrected chi connectivity index (χ3v) is 7.05. The van der Waals surface area contributed by atoms with Crippen LogP contribution in [-0.4, -0.2) is 53.6 Å². The molecule has 0 unspecified atom stereocenters. The molecular weight excluding hydrogens is 383 g/mol. The van der Waals surface area contributed by atoms with Gasteiger partial charge in [0.05, 0.1) is 15.7 Å². The van der Waals surface area contributed by atoms with Crippen molar-refractivity contribution in [3.63, 3.8) is 0 Å². The lowest BCUT2D eigenvalue weighted by atomic mass is 10.2. The molecule has 1 aromatic carbocycles. The maximum Gasteiger partial charge on any atom is 0.246 e. The molecular formula is C16H20Cl2N4O2S. The maximum atomic E-state index is 12.8. The van der Waals surface area contributed by atoms with E-state index in [1.54, 1.807) is 26.2 Å². The molecule has 0 spiro atoms. The SMILES string of the molecule is Cc1nn(C)cc1S(=O)(=O)N1CCN(Cc2ccc(Cl)c(Cl)c2)CC1. The van der Waals surface area contributed by atoms with Crippen molar-refractivity contribution in [2.45, 2.75) is 18.4 Å². The van der Waals surface area contributed by atoms with Gasteiger partial charge < -0.3 is 0 Å². The van der Waals surface area contributed by atoms with Crippen LogP contribution in [0, 0.1) is 6.92 Å². The van der Waals surface area contributed by atoms with Crippen molar-refractivity contribution in [3.8, 4) is 0 Å². The molecule has 0 amide bonds. The summed E-state index contributed by atoms with van der Waals surface area (Å²) in [6, 6.07) is 5.58. The fourth-order valence-corrected chi connectivity index (χ4v) is 4.94. The summed E-state index contributed by atoms with van der Waals surface area (Å²) < 4.78 is 28.6. The van der Waals surface area contributed by atoms with Gasteiger partial charge in [-0.25, -0.2) is 8.42 Å². The van der Waals surface area contributed by atoms with E-state index in [9.17, 15) is 8.42 Å². The quantitative estimate of drug-likeness (QED) is 0.788. The zero-order chi connectivity index (χ0) is 18.2. The van der Waals surface area contributed by atoms with Crippen molar-refractivity contribution >= 4 is 33.2 Å². The standard InChI is InChI=1S/C16H20Cl2N4O2S/c1-12-16(11-20(2)19-12)25(23,24)22-7-5-21(6-8-22)10-13-3-4-14(17)15(18)9-13/h3-4,9,11H,5-8,10H2,1-2H3. The van der Waals surface area contributed by atoms with Gasteiger partial charge in [-0.2, -0.15) is 9.40 Å². The smallest absolute Gasteiger partial charge is 0.246 e. The van der Waals surface area contributed by atoms with Crippen LogP contribution in [0.15, 0.2) is 29.3 Å². The van der Waals surface area contributed by atoms with Crippen molar-refractivity contribution in [2.75, 3.05) is 26.2 Å². The largest absolute Gasteiger partial charge is 0.296 e. The molecule has 1 fully saturated rings. The Hall–Kier alpha value is -1.12. The van der Waals surface area contributed by atoms with Crippen LogP contribution in [-0.2, 0) is 23.6 Å². The molecule has 6 nitrogen and oxygen atoms in total. The highest BCUT2D eigenvalue weighted by Gasteiger charge is 2.30. The summed E-state index contributed by atoms with van der Waals surface area (Å²) in [6.45, 7) is 4.68. The van der Waals surface area contributed by atoms with Crippen LogP contribution in [0.1, 0.15) is 11.3 Å². The summed E-state index contributed by atoms with van der Waals surface area (Å²) in [5.41, 5.74) is 1.59. The van der Waals surface area contributed by atoms with Gasteiger partial charge in [-0.1, -0.05) is 29.3 Å². The predicted octanol–water partition coefficient (Wildman–Crippen LogP) is 2.54. The van der Waals surface area contributed by atoms with Crippen LogP contribution in [0.2, 0.25) is 10.0 Å². The Bertz CT molecular complexity index is 874. The molecule has 1 saturated heterocycles. The molecule has 0 atom stereocenters. The van der Waals surface area contributed by atoms with E-state index in [-0.39, 0.29) is 4.90 Å². The average Bonchev–Trinajstić information content (AvgIpc) is 2.91. The molecule has 25 heavy (non-hydrogen) atoms. The number of aromatic nitrogens is 2. The Kier molecular flexibility index (Phi) is 5.41. The fraction of sp³-hybridized carbons (Fsp3) is 0.438. The Morgan fingerprint density at radius 1 is 1.12 bits per heavy atom. The summed E-state index contributed by atoms with van der Waals surface area (Å²) in [4.78, 5) is 2.50. The van der Waals surface area contributed by atoms with Crippen LogP contribution >= 0.6 is 23.2 Å². The molecule has 0 radical (unpaired) electrons. The molecule has 1 aliphatic rings. The van der Waals surface area contributed by atoms with Crippen LogP contribution < -0.4 is 0 Å². The third kappa shape index (κ3) is 4.01. The number of aryl methyl sites for hydroxylation is 2. The molecule has 2 heterocycles. The summed E-state index contributed by atoms with van der Waals surface area (Å²) >= 11 is 12.0. The highest BCUT2D eigenvalue weighted by atomic mass is 35.5. The van der Waals surface area contributed by atoms with Gasteiger partial charge in [0.15, 0.2) is 0 Å². The molecule has 3 rings (SSSR count). The van der Waals surface area contributed by atoms with E-state index in [1.807, 2.05) is 12.1 Å². The highest BCUT2D eigenvalue weighted by Crippen LogP contribution is 2.24. The van der Waals surface area contributed by atoms with E-state index in [1.165, 1.54) is 8.99 Å². The molecule has 9 heteroatoms. The summed E-state index contributed by atoms with van der Waals surface area (Å²) in [5.74, 6) is 0. The number of rotatable bonds is 4. The number of hydrogen-bond acceptors (Lipinski definition) is 4. The van der Waals surface area contributed by atoms with Crippen molar-refractivity contribution in [1.29, 1.82) is 0 Å². The van der Waals surface area contributed by atoms with E-state index < -0.39 is 10.0 Å². The van der Waals surface area contributed by atoms with E-state index >= 15 is 0 Å². The van der Waals surface area contributed by atoms with Gasteiger partial charge in [0.2, 0.25) is 10.0 Å². The van der Waals surface area contributed by atoms with Gasteiger partial charge in [-0.3, -0.25) is 9.58 Å². The number of nitrogens with zero attached hydrogens (tertiary/aromatic N) is 4. The monoisotopic (exact) mass is 402 g/mol. The molecule has 1 aromatic heterocycles. The first-order chi connectivity index (χ1) is 11.8. The molecule has 1 aliphatic heterocycles. The number of hydrogen-bond donors (Lipinski definition) is 0. The van der Waals surface area contributed by atoms with Crippen molar-refractivity contribution < 1.29 is 8.42 Å². The van der Waals surface area contributed by atoms with Gasteiger partial charge >= 0.3 is 0 Å². The molecule has 0 N–H and O–H groups in total.